The van der Waals surface area contributed by atoms with Crippen molar-refractivity contribution in [2.45, 2.75) is 11.4 Å². The Morgan fingerprint density at radius 2 is 2.10 bits per heavy atom. The highest BCUT2D eigenvalue weighted by molar-refractivity contribution is 7.92. The normalized spacial score (nSPS) is 15.2. The van der Waals surface area contributed by atoms with Gasteiger partial charge < -0.3 is 15.0 Å². The van der Waals surface area contributed by atoms with Gasteiger partial charge in [-0.25, -0.2) is 4.98 Å². The SMILES string of the molecule is Cn1cnc(N)c1S(=O)(=O)N1CCCOc2ccccc21. The number of anilines is 2. The molecule has 1 aliphatic heterocycles. The Bertz CT molecular complexity index is 750. The van der Waals surface area contributed by atoms with Gasteiger partial charge in [0, 0.05) is 20.0 Å². The molecule has 2 aromatic rings. The van der Waals surface area contributed by atoms with E-state index >= 15 is 0 Å². The van der Waals surface area contributed by atoms with Gasteiger partial charge in [-0.1, -0.05) is 12.1 Å². The van der Waals surface area contributed by atoms with Crippen molar-refractivity contribution in [2.24, 2.45) is 7.05 Å². The lowest BCUT2D eigenvalue weighted by Gasteiger charge is -2.23. The number of sulfonamides is 1. The van der Waals surface area contributed by atoms with Crippen LogP contribution in [0.5, 0.6) is 5.75 Å². The second-order valence-corrected chi connectivity index (χ2v) is 6.57. The number of aryl methyl sites for hydroxylation is 1. The molecule has 0 aliphatic carbocycles. The van der Waals surface area contributed by atoms with Crippen molar-refractivity contribution < 1.29 is 13.2 Å². The minimum atomic E-state index is -3.79. The maximum atomic E-state index is 12.9. The van der Waals surface area contributed by atoms with Crippen molar-refractivity contribution in [1.29, 1.82) is 0 Å². The Balaban J connectivity index is 2.16. The summed E-state index contributed by atoms with van der Waals surface area (Å²) in [6.07, 6.45) is 1.99. The van der Waals surface area contributed by atoms with E-state index in [2.05, 4.69) is 4.98 Å². The average Bonchev–Trinajstić information content (AvgIpc) is 2.68. The van der Waals surface area contributed by atoms with E-state index in [0.29, 0.717) is 31.0 Å². The van der Waals surface area contributed by atoms with Gasteiger partial charge in [-0.3, -0.25) is 4.31 Å². The predicted octanol–water partition coefficient (Wildman–Crippen LogP) is 0.980. The number of nitrogens with two attached hydrogens (primary N) is 1. The van der Waals surface area contributed by atoms with E-state index in [1.165, 1.54) is 15.2 Å². The Morgan fingerprint density at radius 1 is 1.33 bits per heavy atom. The first kappa shape index (κ1) is 13.7. The molecular formula is C13H16N4O3S. The average molecular weight is 308 g/mol. The van der Waals surface area contributed by atoms with E-state index in [1.54, 1.807) is 25.2 Å². The first-order valence-corrected chi connectivity index (χ1v) is 7.97. The second-order valence-electron chi connectivity index (χ2n) is 4.79. The van der Waals surface area contributed by atoms with Crippen molar-refractivity contribution in [3.8, 4) is 5.75 Å². The third-order valence-electron chi connectivity index (χ3n) is 3.34. The number of imidazole rings is 1. The Hall–Kier alpha value is -2.22. The number of benzene rings is 1. The first-order valence-electron chi connectivity index (χ1n) is 6.53. The first-order chi connectivity index (χ1) is 10.0. The minimum absolute atomic E-state index is 0.000136. The molecule has 0 spiro atoms. The molecule has 0 amide bonds. The molecule has 0 bridgehead atoms. The minimum Gasteiger partial charge on any atom is -0.491 e. The standard InChI is InChI=1S/C13H16N4O3S/c1-16-9-15-12(14)13(16)21(18,19)17-7-4-8-20-11-6-3-2-5-10(11)17/h2-3,5-6,9H,4,7-8,14H2,1H3. The molecule has 0 saturated heterocycles. The quantitative estimate of drug-likeness (QED) is 0.893. The van der Waals surface area contributed by atoms with Crippen LogP contribution in [0.2, 0.25) is 0 Å². The summed E-state index contributed by atoms with van der Waals surface area (Å²) in [5.74, 6) is 0.555. The van der Waals surface area contributed by atoms with E-state index in [0.717, 1.165) is 0 Å². The van der Waals surface area contributed by atoms with Gasteiger partial charge in [0.1, 0.15) is 5.75 Å². The molecular weight excluding hydrogens is 292 g/mol. The van der Waals surface area contributed by atoms with E-state index in [1.807, 2.05) is 6.07 Å². The highest BCUT2D eigenvalue weighted by atomic mass is 32.2. The number of fused-ring (bicyclic) bond motifs is 1. The highest BCUT2D eigenvalue weighted by Crippen LogP contribution is 2.35. The number of nitrogens with zero attached hydrogens (tertiary/aromatic N) is 3. The third kappa shape index (κ3) is 2.21. The van der Waals surface area contributed by atoms with Crippen molar-refractivity contribution in [1.82, 2.24) is 9.55 Å². The molecule has 21 heavy (non-hydrogen) atoms. The van der Waals surface area contributed by atoms with Crippen molar-refractivity contribution in [3.63, 3.8) is 0 Å². The van der Waals surface area contributed by atoms with Gasteiger partial charge in [0.05, 0.1) is 18.6 Å². The van der Waals surface area contributed by atoms with Crippen molar-refractivity contribution in [3.05, 3.63) is 30.6 Å². The smallest absolute Gasteiger partial charge is 0.283 e. The summed E-state index contributed by atoms with van der Waals surface area (Å²) in [7, 11) is -2.18. The van der Waals surface area contributed by atoms with Crippen LogP contribution >= 0.6 is 0 Å². The molecule has 112 valence electrons. The predicted molar refractivity (Wildman–Crippen MR) is 78.7 cm³/mol. The van der Waals surface area contributed by atoms with Crippen LogP contribution in [-0.4, -0.2) is 31.1 Å². The number of rotatable bonds is 2. The van der Waals surface area contributed by atoms with Crippen molar-refractivity contribution in [2.75, 3.05) is 23.2 Å². The van der Waals surface area contributed by atoms with Crippen LogP contribution in [-0.2, 0) is 17.1 Å². The zero-order valence-corrected chi connectivity index (χ0v) is 12.4. The Labute approximate surface area is 123 Å². The fourth-order valence-electron chi connectivity index (χ4n) is 2.40. The Morgan fingerprint density at radius 3 is 2.81 bits per heavy atom. The number of hydrogen-bond acceptors (Lipinski definition) is 5. The van der Waals surface area contributed by atoms with E-state index in [4.69, 9.17) is 10.5 Å². The number of aromatic nitrogens is 2. The van der Waals surface area contributed by atoms with Crippen molar-refractivity contribution >= 4 is 21.5 Å². The summed E-state index contributed by atoms with van der Waals surface area (Å²) in [5, 5.41) is -0.000738. The highest BCUT2D eigenvalue weighted by Gasteiger charge is 2.32. The zero-order chi connectivity index (χ0) is 15.0. The van der Waals surface area contributed by atoms with Crippen LogP contribution < -0.4 is 14.8 Å². The van der Waals surface area contributed by atoms with E-state index < -0.39 is 10.0 Å². The molecule has 8 heteroatoms. The fourth-order valence-corrected chi connectivity index (χ4v) is 4.12. The van der Waals surface area contributed by atoms with Crippen LogP contribution in [0.1, 0.15) is 6.42 Å². The zero-order valence-electron chi connectivity index (χ0n) is 11.6. The van der Waals surface area contributed by atoms with E-state index in [-0.39, 0.29) is 10.8 Å². The van der Waals surface area contributed by atoms with Crippen LogP contribution in [0.25, 0.3) is 0 Å². The molecule has 0 radical (unpaired) electrons. The molecule has 0 saturated carbocycles. The largest absolute Gasteiger partial charge is 0.491 e. The summed E-state index contributed by atoms with van der Waals surface area (Å²) in [6, 6.07) is 7.08. The molecule has 0 atom stereocenters. The van der Waals surface area contributed by atoms with Gasteiger partial charge in [0.25, 0.3) is 10.0 Å². The van der Waals surface area contributed by atoms with Gasteiger partial charge in [0.2, 0.25) is 0 Å². The summed E-state index contributed by atoms with van der Waals surface area (Å²) < 4.78 is 34.2. The van der Waals surface area contributed by atoms with Gasteiger partial charge >= 0.3 is 0 Å². The lowest BCUT2D eigenvalue weighted by atomic mass is 10.3. The summed E-state index contributed by atoms with van der Waals surface area (Å²) in [4.78, 5) is 3.86. The number of nitrogen functional groups attached to an aromatic ring is 1. The molecule has 0 unspecified atom stereocenters. The third-order valence-corrected chi connectivity index (χ3v) is 5.29. The number of hydrogen-bond donors (Lipinski definition) is 1. The van der Waals surface area contributed by atoms with Gasteiger partial charge in [0.15, 0.2) is 10.8 Å². The molecule has 2 N–H and O–H groups in total. The monoisotopic (exact) mass is 308 g/mol. The van der Waals surface area contributed by atoms with Gasteiger partial charge in [-0.2, -0.15) is 8.42 Å². The summed E-state index contributed by atoms with van der Waals surface area (Å²) >= 11 is 0. The fraction of sp³-hybridized carbons (Fsp3) is 0.308. The van der Waals surface area contributed by atoms with Crippen LogP contribution in [0, 0.1) is 0 Å². The number of para-hydroxylation sites is 2. The topological polar surface area (TPSA) is 90.5 Å². The molecule has 7 nitrogen and oxygen atoms in total. The second kappa shape index (κ2) is 4.96. The van der Waals surface area contributed by atoms with Gasteiger partial charge in [-0.15, -0.1) is 0 Å². The Kier molecular flexibility index (Phi) is 3.25. The van der Waals surface area contributed by atoms with Gasteiger partial charge in [-0.05, 0) is 12.1 Å². The van der Waals surface area contributed by atoms with Crippen LogP contribution in [0.15, 0.2) is 35.6 Å². The van der Waals surface area contributed by atoms with E-state index in [9.17, 15) is 8.42 Å². The molecule has 1 aliphatic rings. The van der Waals surface area contributed by atoms with Crippen LogP contribution in [0.4, 0.5) is 11.5 Å². The maximum Gasteiger partial charge on any atom is 0.283 e. The lowest BCUT2D eigenvalue weighted by molar-refractivity contribution is 0.322. The molecule has 0 fully saturated rings. The number of ether oxygens (including phenoxy) is 1. The molecule has 2 heterocycles. The summed E-state index contributed by atoms with van der Waals surface area (Å²) in [5.41, 5.74) is 6.25. The van der Waals surface area contributed by atoms with Crippen LogP contribution in [0.3, 0.4) is 0 Å². The molecule has 1 aromatic heterocycles. The molecule has 1 aromatic carbocycles. The summed E-state index contributed by atoms with van der Waals surface area (Å²) in [6.45, 7) is 0.813. The molecule has 3 rings (SSSR count). The lowest BCUT2D eigenvalue weighted by Crippen LogP contribution is -2.33. The maximum absolute atomic E-state index is 12.9.